The van der Waals surface area contributed by atoms with Crippen molar-refractivity contribution in [1.29, 1.82) is 0 Å². The van der Waals surface area contributed by atoms with Gasteiger partial charge >= 0.3 is 5.97 Å². The van der Waals surface area contributed by atoms with Gasteiger partial charge in [0.2, 0.25) is 5.91 Å². The molecule has 31 heavy (non-hydrogen) atoms. The standard InChI is InChI=1S/C22H17N3O5S/c1-12-20-16(10-17(19-4-3-9-31-19)24-21(20)30-25-12)22(28)29-11-18(27)14-5-7-15(8-6-14)23-13(2)26/h3-10H,11H2,1-2H3,(H,23,26). The van der Waals surface area contributed by atoms with E-state index in [1.165, 1.54) is 18.3 Å². The highest BCUT2D eigenvalue weighted by Crippen LogP contribution is 2.29. The van der Waals surface area contributed by atoms with Crippen LogP contribution in [0.25, 0.3) is 21.7 Å². The Bertz CT molecular complexity index is 1280. The predicted molar refractivity (Wildman–Crippen MR) is 115 cm³/mol. The number of fused-ring (bicyclic) bond motifs is 1. The smallest absolute Gasteiger partial charge is 0.339 e. The maximum absolute atomic E-state index is 12.8. The third-order valence-electron chi connectivity index (χ3n) is 4.47. The van der Waals surface area contributed by atoms with E-state index >= 15 is 0 Å². The van der Waals surface area contributed by atoms with Crippen LogP contribution in [0.15, 0.2) is 52.4 Å². The van der Waals surface area contributed by atoms with Gasteiger partial charge in [-0.25, -0.2) is 9.78 Å². The van der Waals surface area contributed by atoms with Crippen LogP contribution in [0.1, 0.15) is 33.3 Å². The Balaban J connectivity index is 1.54. The van der Waals surface area contributed by atoms with Gasteiger partial charge in [-0.1, -0.05) is 11.2 Å². The summed E-state index contributed by atoms with van der Waals surface area (Å²) in [6.45, 7) is 2.67. The molecule has 0 saturated carbocycles. The second kappa shape index (κ2) is 8.49. The number of anilines is 1. The maximum atomic E-state index is 12.8. The number of Topliss-reactive ketones (excluding diaryl/α,β-unsaturated/α-hetero) is 1. The van der Waals surface area contributed by atoms with E-state index in [9.17, 15) is 14.4 Å². The van der Waals surface area contributed by atoms with E-state index in [1.54, 1.807) is 37.3 Å². The van der Waals surface area contributed by atoms with Crippen molar-refractivity contribution in [2.75, 3.05) is 11.9 Å². The fourth-order valence-electron chi connectivity index (χ4n) is 3.04. The molecule has 0 fully saturated rings. The number of carbonyl (C=O) groups is 3. The summed E-state index contributed by atoms with van der Waals surface area (Å²) in [5.74, 6) is -1.24. The Morgan fingerprint density at radius 1 is 1.16 bits per heavy atom. The predicted octanol–water partition coefficient (Wildman–Crippen LogP) is 4.26. The molecule has 0 aliphatic carbocycles. The molecule has 0 unspecified atom stereocenters. The van der Waals surface area contributed by atoms with Crippen molar-refractivity contribution in [2.45, 2.75) is 13.8 Å². The zero-order valence-electron chi connectivity index (χ0n) is 16.7. The summed E-state index contributed by atoms with van der Waals surface area (Å²) in [5, 5.41) is 8.88. The van der Waals surface area contributed by atoms with Crippen LogP contribution in [0.3, 0.4) is 0 Å². The molecule has 1 N–H and O–H groups in total. The number of ether oxygens (including phenoxy) is 1. The number of carbonyl (C=O) groups excluding carboxylic acids is 3. The van der Waals surface area contributed by atoms with Crippen molar-refractivity contribution in [3.05, 3.63) is 64.7 Å². The number of pyridine rings is 1. The van der Waals surface area contributed by atoms with Crippen molar-refractivity contribution in [3.8, 4) is 10.6 Å². The highest BCUT2D eigenvalue weighted by molar-refractivity contribution is 7.13. The molecule has 1 aromatic carbocycles. The summed E-state index contributed by atoms with van der Waals surface area (Å²) in [7, 11) is 0. The van der Waals surface area contributed by atoms with Gasteiger partial charge < -0.3 is 14.6 Å². The molecule has 4 aromatic rings. The number of thiophene rings is 1. The van der Waals surface area contributed by atoms with Gasteiger partial charge in [-0.2, -0.15) is 0 Å². The maximum Gasteiger partial charge on any atom is 0.339 e. The van der Waals surface area contributed by atoms with Gasteiger partial charge in [0, 0.05) is 18.2 Å². The first kappa shape index (κ1) is 20.4. The summed E-state index contributed by atoms with van der Waals surface area (Å²) < 4.78 is 10.5. The molecular weight excluding hydrogens is 418 g/mol. The number of aryl methyl sites for hydroxylation is 1. The summed E-state index contributed by atoms with van der Waals surface area (Å²) in [6.07, 6.45) is 0. The van der Waals surface area contributed by atoms with Crippen molar-refractivity contribution in [1.82, 2.24) is 10.1 Å². The van der Waals surface area contributed by atoms with Crippen LogP contribution < -0.4 is 5.32 Å². The van der Waals surface area contributed by atoms with Crippen LogP contribution >= 0.6 is 11.3 Å². The molecule has 1 amide bonds. The van der Waals surface area contributed by atoms with Crippen LogP contribution in [0.5, 0.6) is 0 Å². The monoisotopic (exact) mass is 435 g/mol. The Morgan fingerprint density at radius 2 is 1.94 bits per heavy atom. The number of rotatable bonds is 6. The molecule has 3 aromatic heterocycles. The second-order valence-corrected chi connectivity index (χ2v) is 7.69. The van der Waals surface area contributed by atoms with Gasteiger partial charge in [-0.3, -0.25) is 9.59 Å². The lowest BCUT2D eigenvalue weighted by atomic mass is 10.1. The molecule has 9 heteroatoms. The third-order valence-corrected chi connectivity index (χ3v) is 5.36. The number of nitrogens with one attached hydrogen (secondary N) is 1. The van der Waals surface area contributed by atoms with Gasteiger partial charge in [-0.15, -0.1) is 11.3 Å². The molecule has 4 rings (SSSR count). The topological polar surface area (TPSA) is 111 Å². The van der Waals surface area contributed by atoms with Crippen molar-refractivity contribution in [2.24, 2.45) is 0 Å². The fraction of sp³-hybridized carbons (Fsp3) is 0.136. The average molecular weight is 435 g/mol. The molecular formula is C22H17N3O5S. The number of benzene rings is 1. The molecule has 8 nitrogen and oxygen atoms in total. The van der Waals surface area contributed by atoms with E-state index in [4.69, 9.17) is 9.26 Å². The van der Waals surface area contributed by atoms with Gasteiger partial charge in [0.05, 0.1) is 27.2 Å². The molecule has 0 atom stereocenters. The molecule has 0 aliphatic heterocycles. The van der Waals surface area contributed by atoms with Crippen molar-refractivity contribution < 1.29 is 23.6 Å². The van der Waals surface area contributed by atoms with E-state index in [1.807, 2.05) is 17.5 Å². The first-order chi connectivity index (χ1) is 14.9. The highest BCUT2D eigenvalue weighted by atomic mass is 32.1. The Morgan fingerprint density at radius 3 is 2.61 bits per heavy atom. The number of amides is 1. The normalized spacial score (nSPS) is 10.8. The van der Waals surface area contributed by atoms with E-state index in [0.717, 1.165) is 4.88 Å². The van der Waals surface area contributed by atoms with Gasteiger partial charge in [0.15, 0.2) is 12.4 Å². The van der Waals surface area contributed by atoms with Crippen molar-refractivity contribution >= 4 is 45.8 Å². The molecule has 156 valence electrons. The minimum atomic E-state index is -0.667. The SMILES string of the molecule is CC(=O)Nc1ccc(C(=O)COC(=O)c2cc(-c3cccs3)nc3onc(C)c23)cc1. The van der Waals surface area contributed by atoms with Crippen LogP contribution in [0.4, 0.5) is 5.69 Å². The number of hydrogen-bond donors (Lipinski definition) is 1. The number of aromatic nitrogens is 2. The Labute approximate surface area is 180 Å². The van der Waals surface area contributed by atoms with Gasteiger partial charge in [-0.05, 0) is 48.7 Å². The van der Waals surface area contributed by atoms with Crippen LogP contribution in [-0.4, -0.2) is 34.4 Å². The van der Waals surface area contributed by atoms with Crippen LogP contribution in [-0.2, 0) is 9.53 Å². The average Bonchev–Trinajstić information content (AvgIpc) is 3.42. The zero-order valence-corrected chi connectivity index (χ0v) is 17.5. The van der Waals surface area contributed by atoms with E-state index in [2.05, 4.69) is 15.5 Å². The number of nitrogens with zero attached hydrogens (tertiary/aromatic N) is 2. The lowest BCUT2D eigenvalue weighted by molar-refractivity contribution is -0.114. The summed E-state index contributed by atoms with van der Waals surface area (Å²) in [6, 6.07) is 11.7. The highest BCUT2D eigenvalue weighted by Gasteiger charge is 2.21. The second-order valence-electron chi connectivity index (χ2n) is 6.74. The minimum absolute atomic E-state index is 0.206. The van der Waals surface area contributed by atoms with E-state index in [0.29, 0.717) is 28.0 Å². The van der Waals surface area contributed by atoms with Gasteiger partial charge in [0.1, 0.15) is 0 Å². The lowest BCUT2D eigenvalue weighted by Gasteiger charge is -2.08. The van der Waals surface area contributed by atoms with E-state index in [-0.39, 0.29) is 23.0 Å². The number of hydrogen-bond acceptors (Lipinski definition) is 8. The molecule has 3 heterocycles. The lowest BCUT2D eigenvalue weighted by Crippen LogP contribution is -2.15. The van der Waals surface area contributed by atoms with E-state index < -0.39 is 12.6 Å². The summed E-state index contributed by atoms with van der Waals surface area (Å²) in [4.78, 5) is 41.6. The zero-order chi connectivity index (χ0) is 22.0. The largest absolute Gasteiger partial charge is 0.454 e. The molecule has 0 spiro atoms. The molecule has 0 saturated heterocycles. The van der Waals surface area contributed by atoms with Crippen LogP contribution in [0, 0.1) is 6.92 Å². The number of ketones is 1. The first-order valence-corrected chi connectivity index (χ1v) is 10.2. The fourth-order valence-corrected chi connectivity index (χ4v) is 3.73. The Kier molecular flexibility index (Phi) is 5.59. The quantitative estimate of drug-likeness (QED) is 0.356. The molecule has 0 aliphatic rings. The van der Waals surface area contributed by atoms with Crippen LogP contribution in [0.2, 0.25) is 0 Å². The minimum Gasteiger partial charge on any atom is -0.454 e. The third kappa shape index (κ3) is 4.36. The summed E-state index contributed by atoms with van der Waals surface area (Å²) in [5.41, 5.74) is 2.47. The van der Waals surface area contributed by atoms with Gasteiger partial charge in [0.25, 0.3) is 5.71 Å². The Hall–Kier alpha value is -3.85. The molecule has 0 radical (unpaired) electrons. The molecule has 0 bridgehead atoms. The van der Waals surface area contributed by atoms with Crippen molar-refractivity contribution in [3.63, 3.8) is 0 Å². The first-order valence-electron chi connectivity index (χ1n) is 9.31. The number of esters is 1. The summed E-state index contributed by atoms with van der Waals surface area (Å²) >= 11 is 1.47.